The SMILES string of the molecule is CCCCC(NC(=O)c1ccc(NC(N)=O)cc1)C(=O)O. The van der Waals surface area contributed by atoms with Crippen LogP contribution in [-0.4, -0.2) is 29.1 Å². The first-order chi connectivity index (χ1) is 9.93. The number of nitrogens with one attached hydrogen (secondary N) is 2. The Labute approximate surface area is 122 Å². The molecule has 7 nitrogen and oxygen atoms in total. The van der Waals surface area contributed by atoms with Crippen LogP contribution in [0.4, 0.5) is 10.5 Å². The summed E-state index contributed by atoms with van der Waals surface area (Å²) in [5.74, 6) is -1.52. The van der Waals surface area contributed by atoms with E-state index in [-0.39, 0.29) is 0 Å². The molecule has 1 rings (SSSR count). The van der Waals surface area contributed by atoms with E-state index in [1.807, 2.05) is 6.92 Å². The van der Waals surface area contributed by atoms with Gasteiger partial charge in [-0.1, -0.05) is 19.8 Å². The highest BCUT2D eigenvalue weighted by Gasteiger charge is 2.19. The second kappa shape index (κ2) is 7.88. The number of carboxylic acids is 1. The maximum absolute atomic E-state index is 12.0. The molecule has 114 valence electrons. The molecular weight excluding hydrogens is 274 g/mol. The Morgan fingerprint density at radius 1 is 1.24 bits per heavy atom. The number of aliphatic carboxylic acids is 1. The van der Waals surface area contributed by atoms with E-state index < -0.39 is 23.9 Å². The Morgan fingerprint density at radius 2 is 1.86 bits per heavy atom. The summed E-state index contributed by atoms with van der Waals surface area (Å²) >= 11 is 0. The molecule has 0 radical (unpaired) electrons. The van der Waals surface area contributed by atoms with Gasteiger partial charge < -0.3 is 21.5 Å². The minimum Gasteiger partial charge on any atom is -0.480 e. The lowest BCUT2D eigenvalue weighted by Gasteiger charge is -2.14. The number of urea groups is 1. The standard InChI is InChI=1S/C14H19N3O4/c1-2-3-4-11(13(19)20)17-12(18)9-5-7-10(8-6-9)16-14(15)21/h5-8,11H,2-4H2,1H3,(H,17,18)(H,19,20)(H3,15,16,21). The highest BCUT2D eigenvalue weighted by atomic mass is 16.4. The fourth-order valence-corrected chi connectivity index (χ4v) is 1.75. The Balaban J connectivity index is 2.69. The van der Waals surface area contributed by atoms with Gasteiger partial charge in [0.15, 0.2) is 0 Å². The minimum absolute atomic E-state index is 0.313. The lowest BCUT2D eigenvalue weighted by molar-refractivity contribution is -0.139. The zero-order valence-corrected chi connectivity index (χ0v) is 11.8. The van der Waals surface area contributed by atoms with Crippen molar-refractivity contribution in [3.8, 4) is 0 Å². The van der Waals surface area contributed by atoms with E-state index in [1.165, 1.54) is 24.3 Å². The number of amides is 3. The highest BCUT2D eigenvalue weighted by Crippen LogP contribution is 2.10. The molecule has 0 saturated carbocycles. The number of nitrogens with two attached hydrogens (primary N) is 1. The highest BCUT2D eigenvalue weighted by molar-refractivity contribution is 5.97. The number of benzene rings is 1. The third-order valence-electron chi connectivity index (χ3n) is 2.86. The van der Waals surface area contributed by atoms with Gasteiger partial charge in [0.05, 0.1) is 0 Å². The van der Waals surface area contributed by atoms with Crippen LogP contribution in [0.25, 0.3) is 0 Å². The number of hydrogen-bond donors (Lipinski definition) is 4. The Kier molecular flexibility index (Phi) is 6.19. The molecule has 1 atom stereocenters. The maximum atomic E-state index is 12.0. The summed E-state index contributed by atoms with van der Waals surface area (Å²) in [5, 5.41) is 13.9. The van der Waals surface area contributed by atoms with Crippen molar-refractivity contribution in [1.29, 1.82) is 0 Å². The molecule has 0 heterocycles. The third-order valence-corrected chi connectivity index (χ3v) is 2.86. The van der Waals surface area contributed by atoms with E-state index in [0.717, 1.165) is 12.8 Å². The van der Waals surface area contributed by atoms with Crippen LogP contribution in [-0.2, 0) is 4.79 Å². The Bertz CT molecular complexity index is 513. The van der Waals surface area contributed by atoms with Crippen molar-refractivity contribution in [2.45, 2.75) is 32.2 Å². The number of hydrogen-bond acceptors (Lipinski definition) is 3. The van der Waals surface area contributed by atoms with Crippen molar-refractivity contribution < 1.29 is 19.5 Å². The molecule has 1 unspecified atom stereocenters. The second-order valence-corrected chi connectivity index (χ2v) is 4.57. The monoisotopic (exact) mass is 293 g/mol. The van der Waals surface area contributed by atoms with Crippen LogP contribution in [0.1, 0.15) is 36.5 Å². The summed E-state index contributed by atoms with van der Waals surface area (Å²) in [7, 11) is 0. The fourth-order valence-electron chi connectivity index (χ4n) is 1.75. The zero-order valence-electron chi connectivity index (χ0n) is 11.8. The van der Waals surface area contributed by atoms with Gasteiger partial charge in [-0.15, -0.1) is 0 Å². The average Bonchev–Trinajstić information content (AvgIpc) is 2.43. The molecule has 0 spiro atoms. The molecule has 7 heteroatoms. The number of carbonyl (C=O) groups is 3. The van der Waals surface area contributed by atoms with Gasteiger partial charge in [-0.25, -0.2) is 9.59 Å². The molecule has 0 aliphatic rings. The quantitative estimate of drug-likeness (QED) is 0.609. The summed E-state index contributed by atoms with van der Waals surface area (Å²) in [6.07, 6.45) is 1.96. The van der Waals surface area contributed by atoms with E-state index in [4.69, 9.17) is 10.8 Å². The van der Waals surface area contributed by atoms with E-state index in [0.29, 0.717) is 17.7 Å². The molecule has 0 fully saturated rings. The number of primary amides is 1. The van der Waals surface area contributed by atoms with Gasteiger partial charge in [-0.3, -0.25) is 4.79 Å². The third kappa shape index (κ3) is 5.52. The molecule has 0 aliphatic heterocycles. The van der Waals surface area contributed by atoms with E-state index in [9.17, 15) is 14.4 Å². The number of carboxylic acid groups (broad SMARTS) is 1. The lowest BCUT2D eigenvalue weighted by Crippen LogP contribution is -2.40. The Hall–Kier alpha value is -2.57. The van der Waals surface area contributed by atoms with Crippen LogP contribution in [0.15, 0.2) is 24.3 Å². The lowest BCUT2D eigenvalue weighted by atomic mass is 10.1. The number of carbonyl (C=O) groups excluding carboxylic acids is 2. The van der Waals surface area contributed by atoms with Gasteiger partial charge in [0.2, 0.25) is 0 Å². The van der Waals surface area contributed by atoms with Crippen molar-refractivity contribution in [3.05, 3.63) is 29.8 Å². The minimum atomic E-state index is -1.05. The van der Waals surface area contributed by atoms with Crippen LogP contribution in [0.3, 0.4) is 0 Å². The van der Waals surface area contributed by atoms with E-state index in [2.05, 4.69) is 10.6 Å². The molecule has 5 N–H and O–H groups in total. The molecule has 0 aliphatic carbocycles. The molecule has 0 aromatic heterocycles. The number of anilines is 1. The van der Waals surface area contributed by atoms with Gasteiger partial charge in [-0.2, -0.15) is 0 Å². The predicted molar refractivity (Wildman–Crippen MR) is 78.1 cm³/mol. The van der Waals surface area contributed by atoms with Crippen molar-refractivity contribution in [3.63, 3.8) is 0 Å². The van der Waals surface area contributed by atoms with Gasteiger partial charge in [0, 0.05) is 11.3 Å². The first-order valence-electron chi connectivity index (χ1n) is 6.64. The van der Waals surface area contributed by atoms with E-state index >= 15 is 0 Å². The molecule has 0 bridgehead atoms. The topological polar surface area (TPSA) is 122 Å². The van der Waals surface area contributed by atoms with Crippen LogP contribution in [0.2, 0.25) is 0 Å². The molecule has 0 saturated heterocycles. The maximum Gasteiger partial charge on any atom is 0.326 e. The van der Waals surface area contributed by atoms with Crippen LogP contribution in [0.5, 0.6) is 0 Å². The molecule has 3 amide bonds. The zero-order chi connectivity index (χ0) is 15.8. The summed E-state index contributed by atoms with van der Waals surface area (Å²) < 4.78 is 0. The van der Waals surface area contributed by atoms with Crippen molar-refractivity contribution in [2.75, 3.05) is 5.32 Å². The van der Waals surface area contributed by atoms with Crippen LogP contribution >= 0.6 is 0 Å². The van der Waals surface area contributed by atoms with E-state index in [1.54, 1.807) is 0 Å². The number of rotatable bonds is 7. The normalized spacial score (nSPS) is 11.5. The molecule has 1 aromatic carbocycles. The van der Waals surface area contributed by atoms with Gasteiger partial charge >= 0.3 is 12.0 Å². The van der Waals surface area contributed by atoms with Crippen molar-refractivity contribution in [2.24, 2.45) is 5.73 Å². The van der Waals surface area contributed by atoms with Crippen molar-refractivity contribution >= 4 is 23.6 Å². The smallest absolute Gasteiger partial charge is 0.326 e. The molecule has 1 aromatic rings. The molecular formula is C14H19N3O4. The summed E-state index contributed by atoms with van der Waals surface area (Å²) in [4.78, 5) is 33.7. The summed E-state index contributed by atoms with van der Waals surface area (Å²) in [6, 6.07) is 4.40. The van der Waals surface area contributed by atoms with Gasteiger partial charge in [0.1, 0.15) is 6.04 Å². The Morgan fingerprint density at radius 3 is 2.33 bits per heavy atom. The number of unbranched alkanes of at least 4 members (excludes halogenated alkanes) is 1. The predicted octanol–water partition coefficient (Wildman–Crippen LogP) is 1.55. The first-order valence-corrected chi connectivity index (χ1v) is 6.64. The summed E-state index contributed by atoms with van der Waals surface area (Å²) in [5.41, 5.74) is 5.74. The van der Waals surface area contributed by atoms with Crippen molar-refractivity contribution in [1.82, 2.24) is 5.32 Å². The summed E-state index contributed by atoms with van der Waals surface area (Å²) in [6.45, 7) is 1.95. The van der Waals surface area contributed by atoms with Gasteiger partial charge in [0.25, 0.3) is 5.91 Å². The molecule has 21 heavy (non-hydrogen) atoms. The van der Waals surface area contributed by atoms with Crippen LogP contribution < -0.4 is 16.4 Å². The van der Waals surface area contributed by atoms with Crippen LogP contribution in [0, 0.1) is 0 Å². The first kappa shape index (κ1) is 16.5. The fraction of sp³-hybridized carbons (Fsp3) is 0.357. The average molecular weight is 293 g/mol. The second-order valence-electron chi connectivity index (χ2n) is 4.57. The van der Waals surface area contributed by atoms with Gasteiger partial charge in [-0.05, 0) is 30.7 Å². The largest absolute Gasteiger partial charge is 0.480 e.